The van der Waals surface area contributed by atoms with Gasteiger partial charge in [-0.05, 0) is 218 Å². The highest BCUT2D eigenvalue weighted by Gasteiger charge is 2.12. The first-order valence-electron chi connectivity index (χ1n) is 5.38. The van der Waals surface area contributed by atoms with Crippen molar-refractivity contribution < 1.29 is 0 Å². The Morgan fingerprint density at radius 1 is 0.433 bits per heavy atom. The van der Waals surface area contributed by atoms with Crippen LogP contribution >= 0.6 is 264 Å². The van der Waals surface area contributed by atoms with Crippen molar-refractivity contribution >= 4 is 264 Å². The average Bonchev–Trinajstić information content (AvgIpc) is 3.10. The third kappa shape index (κ3) is 23.0. The Morgan fingerprint density at radius 2 is 0.700 bits per heavy atom. The van der Waals surface area contributed by atoms with Crippen LogP contribution < -0.4 is 4.06 Å². The number of hydrogen-bond acceptors (Lipinski definition) is 27. The van der Waals surface area contributed by atoms with Gasteiger partial charge < -0.3 is 0 Å². The van der Waals surface area contributed by atoms with E-state index in [4.69, 9.17) is 0 Å². The largest absolute Gasteiger partial charge is 0.289 e. The Hall–Kier alpha value is 8.25. The second kappa shape index (κ2) is 28.8. The lowest BCUT2D eigenvalue weighted by molar-refractivity contribution is 1.56. The zero-order valence-corrected chi connectivity index (χ0v) is 34.0. The summed E-state index contributed by atoms with van der Waals surface area (Å²) in [5, 5.41) is 0. The molecule has 0 saturated heterocycles. The molecule has 0 spiro atoms. The molecule has 176 valence electrons. The van der Waals surface area contributed by atoms with E-state index >= 15 is 0 Å². The molecule has 0 unspecified atom stereocenters. The quantitative estimate of drug-likeness (QED) is 0.0653. The van der Waals surface area contributed by atoms with Crippen molar-refractivity contribution in [1.82, 2.24) is 0 Å². The highest BCUT2D eigenvalue weighted by atomic mass is 34.0. The van der Waals surface area contributed by atoms with E-state index in [1.165, 1.54) is 42.3 Å². The normalized spacial score (nSPS) is 11.4. The summed E-state index contributed by atoms with van der Waals surface area (Å²) in [4.78, 5) is 11.8. The van der Waals surface area contributed by atoms with Gasteiger partial charge in [0, 0.05) is 0 Å². The SMILES string of the molecule is O=c1sc(SSSSSSSSSSSS)c(SSSSSSSSSSSS)s1. The van der Waals surface area contributed by atoms with E-state index < -0.39 is 0 Å². The Kier molecular flexibility index (Phi) is 34.8. The molecule has 0 N–H and O–H groups in total. The Morgan fingerprint density at radius 3 is 1.00 bits per heavy atom. The maximum Gasteiger partial charge on any atom is 0.289 e. The van der Waals surface area contributed by atoms with Crippen LogP contribution in [0, 0.1) is 0 Å². The predicted molar refractivity (Wildman–Crippen MR) is 210 cm³/mol. The lowest BCUT2D eigenvalue weighted by Crippen LogP contribution is -1.73. The molecule has 0 atom stereocenters. The molecule has 0 fully saturated rings. The van der Waals surface area contributed by atoms with Gasteiger partial charge in [-0.15, -0.1) is 0 Å². The molecule has 0 aromatic carbocycles. The van der Waals surface area contributed by atoms with E-state index in [0.29, 0.717) is 0 Å². The van der Waals surface area contributed by atoms with Crippen LogP contribution in [0.5, 0.6) is 0 Å². The molecule has 0 aliphatic rings. The van der Waals surface area contributed by atoms with E-state index in [1.54, 1.807) is 198 Å². The van der Waals surface area contributed by atoms with Crippen molar-refractivity contribution in [3.8, 4) is 0 Å². The summed E-state index contributed by atoms with van der Waals surface area (Å²) in [6.07, 6.45) is 0. The number of hydrogen-bond donors (Lipinski definition) is 2. The van der Waals surface area contributed by atoms with E-state index in [-0.39, 0.29) is 4.06 Å². The molecule has 1 aromatic heterocycles. The Bertz CT molecular complexity index is 490. The molecular weight excluding hydrogens is 886 g/mol. The molecule has 0 radical (unpaired) electrons. The van der Waals surface area contributed by atoms with Crippen LogP contribution in [0.4, 0.5) is 0 Å². The molecule has 1 aromatic rings. The average molecular weight is 888 g/mol. The maximum atomic E-state index is 11.8. The van der Waals surface area contributed by atoms with Crippen LogP contribution in [0.3, 0.4) is 0 Å². The van der Waals surface area contributed by atoms with Gasteiger partial charge >= 0.3 is 0 Å². The van der Waals surface area contributed by atoms with Crippen molar-refractivity contribution in [3.05, 3.63) is 8.85 Å². The van der Waals surface area contributed by atoms with Crippen molar-refractivity contribution in [3.63, 3.8) is 0 Å². The third-order valence-corrected chi connectivity index (χ3v) is 48.9. The van der Waals surface area contributed by atoms with E-state index in [2.05, 4.69) is 23.3 Å². The maximum absolute atomic E-state index is 11.8. The minimum atomic E-state index is 0.165. The summed E-state index contributed by atoms with van der Waals surface area (Å²) in [7, 11) is 37.4. The molecule has 0 amide bonds. The van der Waals surface area contributed by atoms with Crippen LogP contribution in [0.25, 0.3) is 0 Å². The summed E-state index contributed by atoms with van der Waals surface area (Å²) < 4.78 is 2.38. The Labute approximate surface area is 275 Å². The zero-order valence-electron chi connectivity index (χ0n) is 12.6. The van der Waals surface area contributed by atoms with Gasteiger partial charge in [0.05, 0.1) is 0 Å². The predicted octanol–water partition coefficient (Wildman–Crippen LogP) is 16.0. The lowest BCUT2D eigenvalue weighted by Gasteiger charge is -2.00. The number of rotatable bonds is 22. The molecule has 0 aliphatic carbocycles. The zero-order chi connectivity index (χ0) is 21.7. The van der Waals surface area contributed by atoms with E-state index in [9.17, 15) is 4.79 Å². The first-order valence-corrected chi connectivity index (χ1v) is 37.4. The molecule has 30 heavy (non-hydrogen) atoms. The van der Waals surface area contributed by atoms with Crippen LogP contribution in [0.15, 0.2) is 13.2 Å². The van der Waals surface area contributed by atoms with Gasteiger partial charge in [0.25, 0.3) is 4.06 Å². The second-order valence-electron chi connectivity index (χ2n) is 2.57. The van der Waals surface area contributed by atoms with Gasteiger partial charge in [-0.2, -0.15) is 0 Å². The number of thiol groups is 2. The van der Waals surface area contributed by atoms with Crippen molar-refractivity contribution in [2.24, 2.45) is 0 Å². The minimum absolute atomic E-state index is 0.165. The van der Waals surface area contributed by atoms with Crippen molar-refractivity contribution in [2.75, 3.05) is 0 Å². The fourth-order valence-corrected chi connectivity index (χ4v) is 55.5. The fourth-order valence-electron chi connectivity index (χ4n) is 0.631. The fraction of sp³-hybridized carbons (Fsp3) is 0. The van der Waals surface area contributed by atoms with Crippen LogP contribution in [-0.4, -0.2) is 0 Å². The molecule has 0 bridgehead atoms. The Balaban J connectivity index is 2.03. The van der Waals surface area contributed by atoms with Gasteiger partial charge in [-0.1, -0.05) is 46.0 Å². The topological polar surface area (TPSA) is 17.1 Å². The highest BCUT2D eigenvalue weighted by molar-refractivity contribution is 9.55. The molecule has 0 saturated carbocycles. The van der Waals surface area contributed by atoms with Gasteiger partial charge in [0.15, 0.2) is 0 Å². The summed E-state index contributed by atoms with van der Waals surface area (Å²) in [6.45, 7) is 0. The first-order chi connectivity index (χ1) is 14.8. The highest BCUT2D eigenvalue weighted by Crippen LogP contribution is 2.64. The van der Waals surface area contributed by atoms with Crippen LogP contribution in [0.1, 0.15) is 0 Å². The lowest BCUT2D eigenvalue weighted by atomic mass is 11.1. The van der Waals surface area contributed by atoms with Crippen LogP contribution in [-0.2, 0) is 0 Å². The summed E-state index contributed by atoms with van der Waals surface area (Å²) in [5.74, 6) is 0. The first kappa shape index (κ1) is 36.3. The third-order valence-electron chi connectivity index (χ3n) is 1.24. The van der Waals surface area contributed by atoms with Gasteiger partial charge in [-0.3, -0.25) is 4.79 Å². The van der Waals surface area contributed by atoms with Crippen LogP contribution in [0.2, 0.25) is 0 Å². The van der Waals surface area contributed by atoms with Gasteiger partial charge in [0.1, 0.15) is 8.42 Å². The monoisotopic (exact) mass is 885 g/mol. The molecule has 1 rings (SSSR count). The standard InChI is InChI=1S/C3H2OS26/c4-3-7-1(9-13-17-21-25-29-27-23-19-15-11-5)2(8-3)10-14-18-22-26-30-28-24-20-16-12-6/h5-6H. The van der Waals surface area contributed by atoms with E-state index in [1.807, 2.05) is 0 Å². The smallest absolute Gasteiger partial charge is 0.265 e. The second-order valence-corrected chi connectivity index (χ2v) is 43.2. The molecule has 0 aliphatic heterocycles. The van der Waals surface area contributed by atoms with Gasteiger partial charge in [0.2, 0.25) is 0 Å². The summed E-state index contributed by atoms with van der Waals surface area (Å²) in [6, 6.07) is 0. The molecule has 1 heterocycles. The summed E-state index contributed by atoms with van der Waals surface area (Å²) >= 11 is 10.8. The molecular formula is C3H2OS26. The minimum Gasteiger partial charge on any atom is -0.265 e. The molecule has 1 nitrogen and oxygen atoms in total. The van der Waals surface area contributed by atoms with Crippen molar-refractivity contribution in [2.45, 2.75) is 8.42 Å². The van der Waals surface area contributed by atoms with Crippen molar-refractivity contribution in [1.29, 1.82) is 0 Å². The summed E-state index contributed by atoms with van der Waals surface area (Å²) in [5.41, 5.74) is 0. The molecule has 27 heteroatoms. The van der Waals surface area contributed by atoms with Gasteiger partial charge in [-0.25, -0.2) is 0 Å². The van der Waals surface area contributed by atoms with E-state index in [0.717, 1.165) is 8.42 Å².